The quantitative estimate of drug-likeness (QED) is 0.512. The molecule has 3 aromatic carbocycles. The van der Waals surface area contributed by atoms with Gasteiger partial charge in [0.1, 0.15) is 0 Å². The summed E-state index contributed by atoms with van der Waals surface area (Å²) >= 11 is 5.10. The van der Waals surface area contributed by atoms with Crippen molar-refractivity contribution in [1.82, 2.24) is 4.31 Å². The third kappa shape index (κ3) is 3.85. The summed E-state index contributed by atoms with van der Waals surface area (Å²) in [7, 11) is -3.54. The lowest BCUT2D eigenvalue weighted by molar-refractivity contribution is 0.434. The molecule has 0 bridgehead atoms. The van der Waals surface area contributed by atoms with E-state index in [4.69, 9.17) is 0 Å². The lowest BCUT2D eigenvalue weighted by Crippen LogP contribution is -2.30. The van der Waals surface area contributed by atoms with Crippen molar-refractivity contribution in [3.63, 3.8) is 0 Å². The summed E-state index contributed by atoms with van der Waals surface area (Å²) in [5, 5.41) is -0.183. The SMILES string of the molecule is O=S(=O)(c1ccc(-c2ccccc2)cc1)N1CCS[C@H]1c1ccc(Br)cc1. The second-order valence-corrected chi connectivity index (χ2v) is 10.3. The zero-order valence-electron chi connectivity index (χ0n) is 14.5. The first kappa shape index (κ1) is 18.7. The van der Waals surface area contributed by atoms with Crippen LogP contribution in [0.25, 0.3) is 11.1 Å². The molecule has 3 aromatic rings. The molecular formula is C21H18BrNO2S2. The van der Waals surface area contributed by atoms with E-state index in [-0.39, 0.29) is 5.37 Å². The Bertz CT molecular complexity index is 1020. The second kappa shape index (κ2) is 7.80. The number of sulfonamides is 1. The Morgan fingerprint density at radius 3 is 2.15 bits per heavy atom. The molecule has 1 aliphatic rings. The number of hydrogen-bond acceptors (Lipinski definition) is 3. The van der Waals surface area contributed by atoms with Crippen molar-refractivity contribution in [2.45, 2.75) is 10.3 Å². The van der Waals surface area contributed by atoms with Crippen molar-refractivity contribution in [3.8, 4) is 11.1 Å². The molecule has 6 heteroatoms. The first-order valence-electron chi connectivity index (χ1n) is 8.60. The lowest BCUT2D eigenvalue weighted by atomic mass is 10.1. The van der Waals surface area contributed by atoms with Gasteiger partial charge in [0.25, 0.3) is 0 Å². The zero-order valence-corrected chi connectivity index (χ0v) is 17.7. The van der Waals surface area contributed by atoms with E-state index in [2.05, 4.69) is 15.9 Å². The minimum absolute atomic E-state index is 0.183. The second-order valence-electron chi connectivity index (χ2n) is 6.28. The standard InChI is InChI=1S/C21H18BrNO2S2/c22-19-10-6-18(7-11-19)21-23(14-15-26-21)27(24,25)20-12-8-17(9-13-20)16-4-2-1-3-5-16/h1-13,21H,14-15H2/t21-/m0/s1. The molecule has 0 aromatic heterocycles. The van der Waals surface area contributed by atoms with Gasteiger partial charge >= 0.3 is 0 Å². The maximum Gasteiger partial charge on any atom is 0.244 e. The van der Waals surface area contributed by atoms with Crippen LogP contribution in [-0.4, -0.2) is 25.0 Å². The Morgan fingerprint density at radius 2 is 1.48 bits per heavy atom. The summed E-state index contributed by atoms with van der Waals surface area (Å²) in [4.78, 5) is 0.340. The monoisotopic (exact) mass is 459 g/mol. The number of nitrogens with zero attached hydrogens (tertiary/aromatic N) is 1. The summed E-state index contributed by atoms with van der Waals surface area (Å²) in [5.41, 5.74) is 3.09. The van der Waals surface area contributed by atoms with E-state index in [1.807, 2.05) is 66.7 Å². The van der Waals surface area contributed by atoms with E-state index < -0.39 is 10.0 Å². The largest absolute Gasteiger partial charge is 0.244 e. The highest BCUT2D eigenvalue weighted by Gasteiger charge is 2.36. The molecule has 138 valence electrons. The van der Waals surface area contributed by atoms with Gasteiger partial charge in [0.05, 0.1) is 10.3 Å². The van der Waals surface area contributed by atoms with Gasteiger partial charge in [0.2, 0.25) is 10.0 Å². The van der Waals surface area contributed by atoms with Crippen molar-refractivity contribution in [3.05, 3.63) is 88.9 Å². The van der Waals surface area contributed by atoms with Crippen LogP contribution in [0.3, 0.4) is 0 Å². The molecule has 0 N–H and O–H groups in total. The fourth-order valence-corrected chi connectivity index (χ4v) is 6.68. The van der Waals surface area contributed by atoms with Crippen molar-refractivity contribution >= 4 is 37.7 Å². The zero-order chi connectivity index (χ0) is 18.9. The molecule has 1 heterocycles. The van der Waals surface area contributed by atoms with Gasteiger partial charge in [-0.05, 0) is 41.0 Å². The number of rotatable bonds is 4. The summed E-state index contributed by atoms with van der Waals surface area (Å²) in [6.45, 7) is 0.522. The number of thioether (sulfide) groups is 1. The maximum absolute atomic E-state index is 13.2. The van der Waals surface area contributed by atoms with Gasteiger partial charge in [-0.25, -0.2) is 8.42 Å². The molecule has 4 rings (SSSR count). The average Bonchev–Trinajstić information content (AvgIpc) is 3.20. The average molecular weight is 460 g/mol. The third-order valence-corrected chi connectivity index (χ3v) is 8.37. The van der Waals surface area contributed by atoms with Gasteiger partial charge in [0, 0.05) is 16.8 Å². The summed E-state index contributed by atoms with van der Waals surface area (Å²) in [6.07, 6.45) is 0. The molecule has 0 saturated carbocycles. The predicted octanol–water partition coefficient (Wildman–Crippen LogP) is 5.55. The number of halogens is 1. The van der Waals surface area contributed by atoms with Gasteiger partial charge in [-0.1, -0.05) is 70.5 Å². The first-order chi connectivity index (χ1) is 13.1. The fraction of sp³-hybridized carbons (Fsp3) is 0.143. The lowest BCUT2D eigenvalue weighted by Gasteiger charge is -2.23. The van der Waals surface area contributed by atoms with Crippen LogP contribution < -0.4 is 0 Å². The molecule has 3 nitrogen and oxygen atoms in total. The van der Waals surface area contributed by atoms with Crippen LogP contribution in [0.2, 0.25) is 0 Å². The molecule has 1 atom stereocenters. The molecule has 27 heavy (non-hydrogen) atoms. The highest BCUT2D eigenvalue weighted by Crippen LogP contribution is 2.41. The van der Waals surface area contributed by atoms with E-state index in [1.54, 1.807) is 28.2 Å². The molecule has 1 aliphatic heterocycles. The van der Waals surface area contributed by atoms with Gasteiger partial charge in [-0.3, -0.25) is 0 Å². The van der Waals surface area contributed by atoms with Crippen LogP contribution in [-0.2, 0) is 10.0 Å². The molecule has 0 radical (unpaired) electrons. The summed E-state index contributed by atoms with van der Waals surface area (Å²) < 4.78 is 29.1. The van der Waals surface area contributed by atoms with Crippen molar-refractivity contribution in [1.29, 1.82) is 0 Å². The summed E-state index contributed by atoms with van der Waals surface area (Å²) in [6, 6.07) is 25.0. The molecular weight excluding hydrogens is 442 g/mol. The van der Waals surface area contributed by atoms with Crippen LogP contribution in [0.15, 0.2) is 88.2 Å². The van der Waals surface area contributed by atoms with Crippen LogP contribution in [0.4, 0.5) is 0 Å². The van der Waals surface area contributed by atoms with E-state index >= 15 is 0 Å². The molecule has 0 aliphatic carbocycles. The minimum atomic E-state index is -3.54. The Balaban J connectivity index is 1.63. The van der Waals surface area contributed by atoms with Crippen molar-refractivity contribution < 1.29 is 8.42 Å². The Hall–Kier alpha value is -1.60. The Morgan fingerprint density at radius 1 is 0.852 bits per heavy atom. The Kier molecular flexibility index (Phi) is 5.41. The van der Waals surface area contributed by atoms with E-state index in [1.165, 1.54) is 0 Å². The van der Waals surface area contributed by atoms with E-state index in [0.717, 1.165) is 26.9 Å². The topological polar surface area (TPSA) is 37.4 Å². The molecule has 0 amide bonds. The van der Waals surface area contributed by atoms with Gasteiger partial charge in [-0.2, -0.15) is 4.31 Å². The summed E-state index contributed by atoms with van der Waals surface area (Å²) in [5.74, 6) is 0.794. The Labute approximate surface area is 172 Å². The van der Waals surface area contributed by atoms with E-state index in [9.17, 15) is 8.42 Å². The predicted molar refractivity (Wildman–Crippen MR) is 115 cm³/mol. The third-order valence-electron chi connectivity index (χ3n) is 4.57. The molecule has 1 fully saturated rings. The molecule has 0 unspecified atom stereocenters. The number of hydrogen-bond donors (Lipinski definition) is 0. The van der Waals surface area contributed by atoms with E-state index in [0.29, 0.717) is 11.4 Å². The normalized spacial score (nSPS) is 17.9. The maximum atomic E-state index is 13.2. The van der Waals surface area contributed by atoms with Crippen molar-refractivity contribution in [2.75, 3.05) is 12.3 Å². The smallest absolute Gasteiger partial charge is 0.207 e. The van der Waals surface area contributed by atoms with Crippen LogP contribution in [0.1, 0.15) is 10.9 Å². The highest BCUT2D eigenvalue weighted by atomic mass is 79.9. The minimum Gasteiger partial charge on any atom is -0.207 e. The van der Waals surface area contributed by atoms with Crippen LogP contribution in [0.5, 0.6) is 0 Å². The van der Waals surface area contributed by atoms with Crippen molar-refractivity contribution in [2.24, 2.45) is 0 Å². The highest BCUT2D eigenvalue weighted by molar-refractivity contribution is 9.10. The molecule has 0 spiro atoms. The van der Waals surface area contributed by atoms with Gasteiger partial charge in [0.15, 0.2) is 0 Å². The molecule has 1 saturated heterocycles. The van der Waals surface area contributed by atoms with Gasteiger partial charge in [-0.15, -0.1) is 11.8 Å². The fourth-order valence-electron chi connectivity index (χ4n) is 3.18. The first-order valence-corrected chi connectivity index (χ1v) is 11.9. The van der Waals surface area contributed by atoms with Gasteiger partial charge < -0.3 is 0 Å². The van der Waals surface area contributed by atoms with Crippen LogP contribution in [0, 0.1) is 0 Å². The van der Waals surface area contributed by atoms with Crippen LogP contribution >= 0.6 is 27.7 Å². The number of benzene rings is 3.